The highest BCUT2D eigenvalue weighted by Gasteiger charge is 2.20. The maximum Gasteiger partial charge on any atom is 0.278 e. The number of oxazole rings is 1. The first-order valence-corrected chi connectivity index (χ1v) is 7.95. The number of nitrogens with one attached hydrogen (secondary N) is 1. The number of carbonyl (C=O) groups excluding carboxylic acids is 1. The fraction of sp³-hybridized carbons (Fsp3) is 0. The number of carbonyl (C=O) groups is 1. The summed E-state index contributed by atoms with van der Waals surface area (Å²) in [5, 5.41) is 4.22. The van der Waals surface area contributed by atoms with Crippen LogP contribution in [0, 0.1) is 0 Å². The molecule has 2 aromatic heterocycles. The van der Waals surface area contributed by atoms with Crippen molar-refractivity contribution in [1.82, 2.24) is 9.97 Å². The van der Waals surface area contributed by atoms with Gasteiger partial charge < -0.3 is 9.73 Å². The van der Waals surface area contributed by atoms with Crippen molar-refractivity contribution in [1.29, 1.82) is 0 Å². The molecule has 0 radical (unpaired) electrons. The average Bonchev–Trinajstić information content (AvgIpc) is 3.11. The molecular formula is C19H12ClN3O2. The molecule has 122 valence electrons. The number of hydrogen-bond acceptors (Lipinski definition) is 4. The van der Waals surface area contributed by atoms with E-state index in [4.69, 9.17) is 16.0 Å². The molecule has 2 aromatic carbocycles. The molecule has 0 saturated heterocycles. The summed E-state index contributed by atoms with van der Waals surface area (Å²) in [7, 11) is 0. The fourth-order valence-electron chi connectivity index (χ4n) is 2.57. The fourth-order valence-corrected chi connectivity index (χ4v) is 2.80. The molecule has 1 amide bonds. The molecule has 6 heteroatoms. The third-order valence-corrected chi connectivity index (χ3v) is 4.08. The highest BCUT2D eigenvalue weighted by molar-refractivity contribution is 6.33. The Labute approximate surface area is 148 Å². The second-order valence-electron chi connectivity index (χ2n) is 5.38. The van der Waals surface area contributed by atoms with E-state index in [1.807, 2.05) is 42.5 Å². The minimum atomic E-state index is -0.388. The van der Waals surface area contributed by atoms with E-state index in [-0.39, 0.29) is 11.6 Å². The van der Waals surface area contributed by atoms with Crippen molar-refractivity contribution in [2.24, 2.45) is 0 Å². The van der Waals surface area contributed by atoms with E-state index >= 15 is 0 Å². The van der Waals surface area contributed by atoms with Gasteiger partial charge in [-0.1, -0.05) is 41.9 Å². The molecule has 0 aliphatic heterocycles. The van der Waals surface area contributed by atoms with Gasteiger partial charge in [-0.25, -0.2) is 4.98 Å². The van der Waals surface area contributed by atoms with Gasteiger partial charge in [0.1, 0.15) is 0 Å². The molecule has 0 atom stereocenters. The van der Waals surface area contributed by atoms with Crippen LogP contribution in [0.3, 0.4) is 0 Å². The number of anilines is 1. The molecule has 0 unspecified atom stereocenters. The highest BCUT2D eigenvalue weighted by Crippen LogP contribution is 2.30. The molecule has 0 spiro atoms. The van der Waals surface area contributed by atoms with Crippen LogP contribution in [0.5, 0.6) is 0 Å². The van der Waals surface area contributed by atoms with Crippen LogP contribution in [0.4, 0.5) is 5.69 Å². The molecule has 1 N–H and O–H groups in total. The number of fused-ring (bicyclic) bond motifs is 1. The molecule has 0 fully saturated rings. The summed E-state index contributed by atoms with van der Waals surface area (Å²) in [4.78, 5) is 21.0. The van der Waals surface area contributed by atoms with E-state index in [2.05, 4.69) is 15.3 Å². The molecule has 4 rings (SSSR count). The third-order valence-electron chi connectivity index (χ3n) is 3.75. The van der Waals surface area contributed by atoms with Crippen LogP contribution < -0.4 is 5.32 Å². The Kier molecular flexibility index (Phi) is 3.91. The Bertz CT molecular complexity index is 1070. The summed E-state index contributed by atoms with van der Waals surface area (Å²) >= 11 is 6.19. The minimum Gasteiger partial charge on any atom is -0.443 e. The monoisotopic (exact) mass is 349 g/mol. The van der Waals surface area contributed by atoms with Gasteiger partial charge >= 0.3 is 0 Å². The SMILES string of the molecule is O=C(Nc1cnc2ccccc2c1)c1ncoc1-c1ccccc1Cl. The van der Waals surface area contributed by atoms with E-state index in [0.29, 0.717) is 22.0 Å². The Morgan fingerprint density at radius 3 is 2.72 bits per heavy atom. The predicted octanol–water partition coefficient (Wildman–Crippen LogP) is 4.80. The Morgan fingerprint density at radius 1 is 1.04 bits per heavy atom. The van der Waals surface area contributed by atoms with Gasteiger partial charge in [0.25, 0.3) is 5.91 Å². The van der Waals surface area contributed by atoms with Crippen LogP contribution in [0.1, 0.15) is 10.5 Å². The smallest absolute Gasteiger partial charge is 0.278 e. The maximum absolute atomic E-state index is 12.6. The summed E-state index contributed by atoms with van der Waals surface area (Å²) in [5.74, 6) is -0.0578. The topological polar surface area (TPSA) is 68.0 Å². The molecule has 0 aliphatic carbocycles. The second kappa shape index (κ2) is 6.37. The Morgan fingerprint density at radius 2 is 1.84 bits per heavy atom. The Hall–Kier alpha value is -3.18. The van der Waals surface area contributed by atoms with Crippen molar-refractivity contribution >= 4 is 34.1 Å². The van der Waals surface area contributed by atoms with Gasteiger partial charge in [-0.15, -0.1) is 0 Å². The van der Waals surface area contributed by atoms with Crippen molar-refractivity contribution in [2.75, 3.05) is 5.32 Å². The van der Waals surface area contributed by atoms with E-state index < -0.39 is 0 Å². The molecule has 5 nitrogen and oxygen atoms in total. The number of pyridine rings is 1. The number of amides is 1. The van der Waals surface area contributed by atoms with E-state index in [1.54, 1.807) is 18.3 Å². The van der Waals surface area contributed by atoms with E-state index in [9.17, 15) is 4.79 Å². The quantitative estimate of drug-likeness (QED) is 0.577. The van der Waals surface area contributed by atoms with Crippen molar-refractivity contribution in [2.45, 2.75) is 0 Å². The number of benzene rings is 2. The van der Waals surface area contributed by atoms with Crippen molar-refractivity contribution in [3.63, 3.8) is 0 Å². The van der Waals surface area contributed by atoms with Crippen LogP contribution in [0.15, 0.2) is 71.6 Å². The van der Waals surface area contributed by atoms with Crippen LogP contribution in [-0.4, -0.2) is 15.9 Å². The first-order chi connectivity index (χ1) is 12.2. The summed E-state index contributed by atoms with van der Waals surface area (Å²) in [6.07, 6.45) is 2.84. The molecule has 25 heavy (non-hydrogen) atoms. The zero-order valence-corrected chi connectivity index (χ0v) is 13.7. The van der Waals surface area contributed by atoms with E-state index in [0.717, 1.165) is 10.9 Å². The van der Waals surface area contributed by atoms with Gasteiger partial charge in [0.15, 0.2) is 17.8 Å². The largest absolute Gasteiger partial charge is 0.443 e. The highest BCUT2D eigenvalue weighted by atomic mass is 35.5. The lowest BCUT2D eigenvalue weighted by Crippen LogP contribution is -2.13. The number of nitrogens with zero attached hydrogens (tertiary/aromatic N) is 2. The lowest BCUT2D eigenvalue weighted by Gasteiger charge is -2.06. The van der Waals surface area contributed by atoms with Crippen LogP contribution in [-0.2, 0) is 0 Å². The van der Waals surface area contributed by atoms with Gasteiger partial charge in [0.2, 0.25) is 0 Å². The van der Waals surface area contributed by atoms with Gasteiger partial charge in [0, 0.05) is 10.9 Å². The van der Waals surface area contributed by atoms with E-state index in [1.165, 1.54) is 6.39 Å². The van der Waals surface area contributed by atoms with Crippen LogP contribution >= 0.6 is 11.6 Å². The maximum atomic E-state index is 12.6. The normalized spacial score (nSPS) is 10.8. The van der Waals surface area contributed by atoms with Crippen LogP contribution in [0.25, 0.3) is 22.2 Å². The van der Waals surface area contributed by atoms with Crippen LogP contribution in [0.2, 0.25) is 5.02 Å². The summed E-state index contributed by atoms with van der Waals surface area (Å²) in [6.45, 7) is 0. The zero-order chi connectivity index (χ0) is 17.2. The number of para-hydroxylation sites is 1. The molecule has 0 bridgehead atoms. The first-order valence-electron chi connectivity index (χ1n) is 7.57. The zero-order valence-electron chi connectivity index (χ0n) is 12.9. The van der Waals surface area contributed by atoms with Crippen molar-refractivity contribution < 1.29 is 9.21 Å². The van der Waals surface area contributed by atoms with Crippen molar-refractivity contribution in [3.05, 3.63) is 77.9 Å². The molecule has 0 saturated carbocycles. The molecule has 4 aromatic rings. The molecule has 0 aliphatic rings. The van der Waals surface area contributed by atoms with Gasteiger partial charge in [-0.2, -0.15) is 0 Å². The third kappa shape index (κ3) is 2.97. The minimum absolute atomic E-state index is 0.168. The predicted molar refractivity (Wildman–Crippen MR) is 96.6 cm³/mol. The van der Waals surface area contributed by atoms with Crippen molar-refractivity contribution in [3.8, 4) is 11.3 Å². The molecular weight excluding hydrogens is 338 g/mol. The number of aromatic nitrogens is 2. The lowest BCUT2D eigenvalue weighted by atomic mass is 10.1. The van der Waals surface area contributed by atoms with Gasteiger partial charge in [-0.05, 0) is 24.3 Å². The lowest BCUT2D eigenvalue weighted by molar-refractivity contribution is 0.102. The average molecular weight is 350 g/mol. The summed E-state index contributed by atoms with van der Waals surface area (Å²) < 4.78 is 5.39. The van der Waals surface area contributed by atoms with Gasteiger partial charge in [0.05, 0.1) is 22.4 Å². The summed E-state index contributed by atoms with van der Waals surface area (Å²) in [6, 6.07) is 16.7. The van der Waals surface area contributed by atoms with Gasteiger partial charge in [-0.3, -0.25) is 9.78 Å². The summed E-state index contributed by atoms with van der Waals surface area (Å²) in [5.41, 5.74) is 2.22. The standard InChI is InChI=1S/C19H12ClN3O2/c20-15-7-3-2-6-14(15)18-17(22-11-25-18)19(24)23-13-9-12-5-1-4-8-16(12)21-10-13/h1-11H,(H,23,24). The molecule has 2 heterocycles. The second-order valence-corrected chi connectivity index (χ2v) is 5.79. The Balaban J connectivity index is 1.66. The number of rotatable bonds is 3. The number of halogens is 1. The number of hydrogen-bond donors (Lipinski definition) is 1. The first kappa shape index (κ1) is 15.4.